The van der Waals surface area contributed by atoms with Gasteiger partial charge in [0.2, 0.25) is 5.91 Å². The van der Waals surface area contributed by atoms with Crippen LogP contribution in [0.25, 0.3) is 0 Å². The molecule has 6 heteroatoms. The van der Waals surface area contributed by atoms with Crippen molar-refractivity contribution in [3.63, 3.8) is 0 Å². The molecule has 2 amide bonds. The Morgan fingerprint density at radius 2 is 1.76 bits per heavy atom. The topological polar surface area (TPSA) is 74.7 Å². The van der Waals surface area contributed by atoms with Crippen molar-refractivity contribution in [3.8, 4) is 0 Å². The van der Waals surface area contributed by atoms with E-state index in [9.17, 15) is 14.4 Å². The average molecular weight is 256 g/mol. The second-order valence-corrected chi connectivity index (χ2v) is 3.75. The van der Waals surface area contributed by atoms with E-state index >= 15 is 0 Å². The summed E-state index contributed by atoms with van der Waals surface area (Å²) in [7, 11) is 0. The van der Waals surface area contributed by atoms with Crippen molar-refractivity contribution >= 4 is 29.4 Å². The number of carboxylic acids is 1. The van der Waals surface area contributed by atoms with Gasteiger partial charge < -0.3 is 5.11 Å². The number of hydrogen-bond donors (Lipinski definition) is 1. The first kappa shape index (κ1) is 13.2. The molecule has 0 heterocycles. The normalized spacial score (nSPS) is 9.76. The van der Waals surface area contributed by atoms with Crippen molar-refractivity contribution < 1.29 is 19.5 Å². The molecular formula is C11H10ClNO4. The molecule has 1 aromatic carbocycles. The fourth-order valence-electron chi connectivity index (χ4n) is 1.21. The van der Waals surface area contributed by atoms with Gasteiger partial charge in [-0.2, -0.15) is 0 Å². The minimum atomic E-state index is -1.25. The van der Waals surface area contributed by atoms with Gasteiger partial charge in [0.15, 0.2) is 0 Å². The largest absolute Gasteiger partial charge is 0.480 e. The van der Waals surface area contributed by atoms with Gasteiger partial charge in [-0.25, -0.2) is 0 Å². The van der Waals surface area contributed by atoms with Crippen LogP contribution in [-0.4, -0.2) is 34.3 Å². The van der Waals surface area contributed by atoms with Crippen molar-refractivity contribution in [1.29, 1.82) is 0 Å². The van der Waals surface area contributed by atoms with Gasteiger partial charge in [-0.15, -0.1) is 0 Å². The smallest absolute Gasteiger partial charge is 0.323 e. The molecule has 0 aliphatic carbocycles. The molecule has 1 N–H and O–H groups in total. The summed E-state index contributed by atoms with van der Waals surface area (Å²) in [6.45, 7) is 0.480. The Morgan fingerprint density at radius 3 is 2.18 bits per heavy atom. The molecular weight excluding hydrogens is 246 g/mol. The molecule has 0 spiro atoms. The molecule has 0 bridgehead atoms. The van der Waals surface area contributed by atoms with Crippen molar-refractivity contribution in [1.82, 2.24) is 4.90 Å². The molecule has 0 atom stereocenters. The minimum Gasteiger partial charge on any atom is -0.480 e. The molecule has 1 rings (SSSR count). The molecule has 0 fully saturated rings. The molecule has 0 saturated heterocycles. The number of hydrogen-bond acceptors (Lipinski definition) is 3. The van der Waals surface area contributed by atoms with Gasteiger partial charge in [0.05, 0.1) is 0 Å². The van der Waals surface area contributed by atoms with Gasteiger partial charge in [0, 0.05) is 17.5 Å². The van der Waals surface area contributed by atoms with Gasteiger partial charge in [-0.1, -0.05) is 11.6 Å². The van der Waals surface area contributed by atoms with Crippen molar-refractivity contribution in [2.45, 2.75) is 6.92 Å². The van der Waals surface area contributed by atoms with Crippen LogP contribution in [0.3, 0.4) is 0 Å². The first-order valence-electron chi connectivity index (χ1n) is 4.71. The predicted molar refractivity (Wildman–Crippen MR) is 60.8 cm³/mol. The second kappa shape index (κ2) is 5.45. The number of benzene rings is 1. The van der Waals surface area contributed by atoms with E-state index in [1.165, 1.54) is 24.3 Å². The Kier molecular flexibility index (Phi) is 4.23. The van der Waals surface area contributed by atoms with Crippen molar-refractivity contribution in [3.05, 3.63) is 34.9 Å². The highest BCUT2D eigenvalue weighted by molar-refractivity contribution is 6.30. The van der Waals surface area contributed by atoms with Gasteiger partial charge in [-0.05, 0) is 24.3 Å². The fourth-order valence-corrected chi connectivity index (χ4v) is 1.34. The number of carbonyl (C=O) groups excluding carboxylic acids is 2. The van der Waals surface area contributed by atoms with Crippen LogP contribution < -0.4 is 0 Å². The standard InChI is InChI=1S/C11H10ClNO4/c1-7(14)13(6-10(15)16)11(17)8-2-4-9(12)5-3-8/h2-5H,6H2,1H3,(H,15,16). The Balaban J connectivity index is 2.95. The second-order valence-electron chi connectivity index (χ2n) is 3.31. The van der Waals surface area contributed by atoms with Crippen LogP contribution in [0.5, 0.6) is 0 Å². The van der Waals surface area contributed by atoms with E-state index in [2.05, 4.69) is 0 Å². The lowest BCUT2D eigenvalue weighted by atomic mass is 10.2. The lowest BCUT2D eigenvalue weighted by molar-refractivity contribution is -0.142. The van der Waals surface area contributed by atoms with E-state index in [-0.39, 0.29) is 5.56 Å². The van der Waals surface area contributed by atoms with E-state index in [0.29, 0.717) is 9.92 Å². The van der Waals surface area contributed by atoms with Crippen molar-refractivity contribution in [2.75, 3.05) is 6.54 Å². The van der Waals surface area contributed by atoms with Crippen LogP contribution in [0, 0.1) is 0 Å². The number of carbonyl (C=O) groups is 3. The summed E-state index contributed by atoms with van der Waals surface area (Å²) in [6, 6.07) is 5.85. The molecule has 17 heavy (non-hydrogen) atoms. The number of aliphatic carboxylic acids is 1. The quantitative estimate of drug-likeness (QED) is 0.886. The van der Waals surface area contributed by atoms with E-state index in [0.717, 1.165) is 6.92 Å². The third kappa shape index (κ3) is 3.57. The summed E-state index contributed by atoms with van der Waals surface area (Å²) >= 11 is 5.66. The molecule has 90 valence electrons. The zero-order valence-corrected chi connectivity index (χ0v) is 9.77. The van der Waals surface area contributed by atoms with Gasteiger partial charge in [0.1, 0.15) is 6.54 Å². The van der Waals surface area contributed by atoms with Gasteiger partial charge in [-0.3, -0.25) is 19.3 Å². The third-order valence-corrected chi connectivity index (χ3v) is 2.26. The highest BCUT2D eigenvalue weighted by Gasteiger charge is 2.21. The highest BCUT2D eigenvalue weighted by Crippen LogP contribution is 2.11. The molecule has 1 aromatic rings. The van der Waals surface area contributed by atoms with Crippen LogP contribution in [0.1, 0.15) is 17.3 Å². The van der Waals surface area contributed by atoms with Crippen LogP contribution in [0.4, 0.5) is 0 Å². The summed E-state index contributed by atoms with van der Waals surface area (Å²) in [6.07, 6.45) is 0. The van der Waals surface area contributed by atoms with E-state index in [1.54, 1.807) is 0 Å². The van der Waals surface area contributed by atoms with Crippen molar-refractivity contribution in [2.24, 2.45) is 0 Å². The number of rotatable bonds is 3. The summed E-state index contributed by atoms with van der Waals surface area (Å²) in [5.41, 5.74) is 0.214. The Bertz CT molecular complexity index is 455. The Hall–Kier alpha value is -1.88. The fraction of sp³-hybridized carbons (Fsp3) is 0.182. The van der Waals surface area contributed by atoms with Gasteiger partial charge in [0.25, 0.3) is 5.91 Å². The number of nitrogens with zero attached hydrogens (tertiary/aromatic N) is 1. The Labute approximate surface area is 103 Å². The van der Waals surface area contributed by atoms with E-state index < -0.39 is 24.3 Å². The zero-order valence-electron chi connectivity index (χ0n) is 9.01. The summed E-state index contributed by atoms with van der Waals surface area (Å²) < 4.78 is 0. The lowest BCUT2D eigenvalue weighted by Gasteiger charge is -2.16. The first-order valence-corrected chi connectivity index (χ1v) is 5.09. The zero-order chi connectivity index (χ0) is 13.0. The SMILES string of the molecule is CC(=O)N(CC(=O)O)C(=O)c1ccc(Cl)cc1. The Morgan fingerprint density at radius 1 is 1.24 bits per heavy atom. The number of carboxylic acid groups (broad SMARTS) is 1. The number of imide groups is 1. The number of halogens is 1. The average Bonchev–Trinajstić information content (AvgIpc) is 2.25. The third-order valence-electron chi connectivity index (χ3n) is 2.01. The van der Waals surface area contributed by atoms with Crippen LogP contribution in [0.2, 0.25) is 5.02 Å². The maximum absolute atomic E-state index is 11.8. The van der Waals surface area contributed by atoms with Crippen LogP contribution in [-0.2, 0) is 9.59 Å². The molecule has 0 aliphatic heterocycles. The molecule has 0 aliphatic rings. The molecule has 0 aromatic heterocycles. The van der Waals surface area contributed by atoms with Gasteiger partial charge >= 0.3 is 5.97 Å². The van der Waals surface area contributed by atoms with Crippen LogP contribution in [0.15, 0.2) is 24.3 Å². The van der Waals surface area contributed by atoms with Crippen LogP contribution >= 0.6 is 11.6 Å². The van der Waals surface area contributed by atoms with E-state index in [1.807, 2.05) is 0 Å². The highest BCUT2D eigenvalue weighted by atomic mass is 35.5. The predicted octanol–water partition coefficient (Wildman–Crippen LogP) is 1.41. The molecule has 0 saturated carbocycles. The molecule has 0 radical (unpaired) electrons. The first-order chi connectivity index (χ1) is 7.91. The summed E-state index contributed by atoms with van der Waals surface area (Å²) in [5, 5.41) is 9.06. The number of amides is 2. The van der Waals surface area contributed by atoms with E-state index in [4.69, 9.17) is 16.7 Å². The summed E-state index contributed by atoms with van der Waals surface area (Å²) in [5.74, 6) is -2.52. The maximum Gasteiger partial charge on any atom is 0.323 e. The monoisotopic (exact) mass is 255 g/mol. The maximum atomic E-state index is 11.8. The molecule has 0 unspecified atom stereocenters. The minimum absolute atomic E-state index is 0.214. The summed E-state index contributed by atoms with van der Waals surface area (Å²) in [4.78, 5) is 34.2. The molecule has 5 nitrogen and oxygen atoms in total. The lowest BCUT2D eigenvalue weighted by Crippen LogP contribution is -2.39.